The van der Waals surface area contributed by atoms with E-state index in [-0.39, 0.29) is 6.03 Å². The summed E-state index contributed by atoms with van der Waals surface area (Å²) in [5.74, 6) is 0.758. The number of furan rings is 1. The number of carbonyl (C=O) groups is 1. The van der Waals surface area contributed by atoms with Gasteiger partial charge in [0.1, 0.15) is 5.76 Å². The first-order valence-electron chi connectivity index (χ1n) is 6.41. The van der Waals surface area contributed by atoms with E-state index < -0.39 is 0 Å². The summed E-state index contributed by atoms with van der Waals surface area (Å²) < 4.78 is 5.20. The van der Waals surface area contributed by atoms with Crippen molar-refractivity contribution in [1.82, 2.24) is 10.2 Å². The quantitative estimate of drug-likeness (QED) is 0.919. The zero-order chi connectivity index (χ0) is 14.4. The standard InChI is InChI=1S/C15H17ClN2O2/c1-18(11-13-6-4-10-20-13)15(19)17-9-8-12-5-2-3-7-14(12)16/h2-7,10H,8-9,11H2,1H3,(H,17,19). The van der Waals surface area contributed by atoms with Crippen molar-refractivity contribution in [3.05, 3.63) is 59.0 Å². The smallest absolute Gasteiger partial charge is 0.317 e. The molecule has 1 aromatic carbocycles. The Morgan fingerprint density at radius 1 is 1.30 bits per heavy atom. The predicted octanol–water partition coefficient (Wildman–Crippen LogP) is 3.32. The largest absolute Gasteiger partial charge is 0.467 e. The minimum Gasteiger partial charge on any atom is -0.467 e. The van der Waals surface area contributed by atoms with Crippen LogP contribution in [0, 0.1) is 0 Å². The summed E-state index contributed by atoms with van der Waals surface area (Å²) in [6.07, 6.45) is 2.30. The van der Waals surface area contributed by atoms with Crippen molar-refractivity contribution in [3.8, 4) is 0 Å². The Balaban J connectivity index is 1.76. The minimum absolute atomic E-state index is 0.131. The molecule has 0 atom stereocenters. The number of nitrogens with zero attached hydrogens (tertiary/aromatic N) is 1. The van der Waals surface area contributed by atoms with E-state index >= 15 is 0 Å². The van der Waals surface area contributed by atoms with Gasteiger partial charge in [0.2, 0.25) is 0 Å². The molecular formula is C15H17ClN2O2. The molecule has 0 aliphatic heterocycles. The highest BCUT2D eigenvalue weighted by molar-refractivity contribution is 6.31. The molecule has 1 N–H and O–H groups in total. The SMILES string of the molecule is CN(Cc1ccco1)C(=O)NCCc1ccccc1Cl. The van der Waals surface area contributed by atoms with Crippen molar-refractivity contribution in [3.63, 3.8) is 0 Å². The number of nitrogens with one attached hydrogen (secondary N) is 1. The molecule has 0 saturated carbocycles. The number of hydrogen-bond acceptors (Lipinski definition) is 2. The highest BCUT2D eigenvalue weighted by Gasteiger charge is 2.10. The highest BCUT2D eigenvalue weighted by Crippen LogP contribution is 2.14. The zero-order valence-electron chi connectivity index (χ0n) is 11.3. The third-order valence-electron chi connectivity index (χ3n) is 2.95. The van der Waals surface area contributed by atoms with Crippen LogP contribution in [0.4, 0.5) is 4.79 Å². The molecule has 0 saturated heterocycles. The third kappa shape index (κ3) is 4.03. The van der Waals surface area contributed by atoms with Crippen LogP contribution in [0.1, 0.15) is 11.3 Å². The fraction of sp³-hybridized carbons (Fsp3) is 0.267. The van der Waals surface area contributed by atoms with Gasteiger partial charge < -0.3 is 14.6 Å². The van der Waals surface area contributed by atoms with Gasteiger partial charge in [0, 0.05) is 18.6 Å². The first kappa shape index (κ1) is 14.5. The van der Waals surface area contributed by atoms with E-state index in [9.17, 15) is 4.79 Å². The summed E-state index contributed by atoms with van der Waals surface area (Å²) in [4.78, 5) is 13.5. The van der Waals surface area contributed by atoms with Crippen molar-refractivity contribution in [2.24, 2.45) is 0 Å². The number of carbonyl (C=O) groups excluding carboxylic acids is 1. The first-order valence-corrected chi connectivity index (χ1v) is 6.79. The van der Waals surface area contributed by atoms with Crippen molar-refractivity contribution in [2.75, 3.05) is 13.6 Å². The number of benzene rings is 1. The Labute approximate surface area is 123 Å². The molecule has 0 bridgehead atoms. The molecule has 2 rings (SSSR count). The number of amides is 2. The van der Waals surface area contributed by atoms with Crippen molar-refractivity contribution in [2.45, 2.75) is 13.0 Å². The molecule has 0 spiro atoms. The lowest BCUT2D eigenvalue weighted by Crippen LogP contribution is -2.37. The van der Waals surface area contributed by atoms with Crippen LogP contribution in [0.25, 0.3) is 0 Å². The van der Waals surface area contributed by atoms with E-state index in [1.807, 2.05) is 30.3 Å². The summed E-state index contributed by atoms with van der Waals surface area (Å²) >= 11 is 6.06. The second-order valence-electron chi connectivity index (χ2n) is 4.51. The maximum absolute atomic E-state index is 11.9. The topological polar surface area (TPSA) is 45.5 Å². The molecule has 0 unspecified atom stereocenters. The van der Waals surface area contributed by atoms with Gasteiger partial charge in [-0.3, -0.25) is 0 Å². The number of urea groups is 1. The number of hydrogen-bond donors (Lipinski definition) is 1. The van der Waals surface area contributed by atoms with Gasteiger partial charge in [-0.15, -0.1) is 0 Å². The predicted molar refractivity (Wildman–Crippen MR) is 78.7 cm³/mol. The molecule has 5 heteroatoms. The molecule has 0 radical (unpaired) electrons. The van der Waals surface area contributed by atoms with Crippen molar-refractivity contribution >= 4 is 17.6 Å². The number of rotatable bonds is 5. The fourth-order valence-electron chi connectivity index (χ4n) is 1.85. The van der Waals surface area contributed by atoms with Gasteiger partial charge in [0.05, 0.1) is 12.8 Å². The van der Waals surface area contributed by atoms with E-state index in [2.05, 4.69) is 5.32 Å². The van der Waals surface area contributed by atoms with Crippen LogP contribution < -0.4 is 5.32 Å². The molecule has 20 heavy (non-hydrogen) atoms. The van der Waals surface area contributed by atoms with Crippen molar-refractivity contribution in [1.29, 1.82) is 0 Å². The average Bonchev–Trinajstić information content (AvgIpc) is 2.93. The maximum atomic E-state index is 11.9. The van der Waals surface area contributed by atoms with Gasteiger partial charge in [-0.1, -0.05) is 29.8 Å². The van der Waals surface area contributed by atoms with E-state index in [0.29, 0.717) is 19.5 Å². The first-order chi connectivity index (χ1) is 9.66. The molecule has 2 amide bonds. The molecule has 1 heterocycles. The molecule has 0 aliphatic carbocycles. The van der Waals surface area contributed by atoms with E-state index in [1.165, 1.54) is 0 Å². The van der Waals surface area contributed by atoms with Crippen LogP contribution in [0.2, 0.25) is 5.02 Å². The van der Waals surface area contributed by atoms with E-state index in [0.717, 1.165) is 16.3 Å². The highest BCUT2D eigenvalue weighted by atomic mass is 35.5. The minimum atomic E-state index is -0.131. The molecule has 0 aliphatic rings. The van der Waals surface area contributed by atoms with Gasteiger partial charge >= 0.3 is 6.03 Å². The van der Waals surface area contributed by atoms with Crippen LogP contribution in [0.15, 0.2) is 47.1 Å². The van der Waals surface area contributed by atoms with Gasteiger partial charge in [0.15, 0.2) is 0 Å². The van der Waals surface area contributed by atoms with Gasteiger partial charge in [-0.05, 0) is 30.2 Å². The zero-order valence-corrected chi connectivity index (χ0v) is 12.1. The molecule has 1 aromatic heterocycles. The lowest BCUT2D eigenvalue weighted by Gasteiger charge is -2.16. The second-order valence-corrected chi connectivity index (χ2v) is 4.92. The monoisotopic (exact) mass is 292 g/mol. The lowest BCUT2D eigenvalue weighted by atomic mass is 10.1. The summed E-state index contributed by atoms with van der Waals surface area (Å²) in [7, 11) is 1.73. The number of halogens is 1. The van der Waals surface area contributed by atoms with Crippen molar-refractivity contribution < 1.29 is 9.21 Å². The molecular weight excluding hydrogens is 276 g/mol. The van der Waals surface area contributed by atoms with Crippen LogP contribution >= 0.6 is 11.6 Å². The Hall–Kier alpha value is -1.94. The summed E-state index contributed by atoms with van der Waals surface area (Å²) in [6.45, 7) is 0.996. The summed E-state index contributed by atoms with van der Waals surface area (Å²) in [5, 5.41) is 3.58. The molecule has 4 nitrogen and oxygen atoms in total. The fourth-order valence-corrected chi connectivity index (χ4v) is 2.08. The van der Waals surface area contributed by atoms with E-state index in [1.54, 1.807) is 24.3 Å². The van der Waals surface area contributed by atoms with Crippen LogP contribution in [0.5, 0.6) is 0 Å². The maximum Gasteiger partial charge on any atom is 0.317 e. The summed E-state index contributed by atoms with van der Waals surface area (Å²) in [5.41, 5.74) is 1.03. The Morgan fingerprint density at radius 3 is 2.80 bits per heavy atom. The van der Waals surface area contributed by atoms with Crippen LogP contribution in [-0.2, 0) is 13.0 Å². The van der Waals surface area contributed by atoms with Gasteiger partial charge in [-0.25, -0.2) is 4.79 Å². The summed E-state index contributed by atoms with van der Waals surface area (Å²) in [6, 6.07) is 11.1. The third-order valence-corrected chi connectivity index (χ3v) is 3.32. The van der Waals surface area contributed by atoms with Crippen LogP contribution in [0.3, 0.4) is 0 Å². The Kier molecular flexibility index (Phi) is 5.07. The Bertz CT molecular complexity index is 555. The van der Waals surface area contributed by atoms with E-state index in [4.69, 9.17) is 16.0 Å². The van der Waals surface area contributed by atoms with Gasteiger partial charge in [-0.2, -0.15) is 0 Å². The van der Waals surface area contributed by atoms with Gasteiger partial charge in [0.25, 0.3) is 0 Å². The Morgan fingerprint density at radius 2 is 2.10 bits per heavy atom. The molecule has 0 fully saturated rings. The average molecular weight is 293 g/mol. The van der Waals surface area contributed by atoms with Crippen LogP contribution in [-0.4, -0.2) is 24.5 Å². The normalized spacial score (nSPS) is 10.3. The second kappa shape index (κ2) is 7.01. The molecule has 2 aromatic rings. The molecule has 106 valence electrons. The lowest BCUT2D eigenvalue weighted by molar-refractivity contribution is 0.203.